The second kappa shape index (κ2) is 7.17. The van der Waals surface area contributed by atoms with Gasteiger partial charge in [-0.15, -0.1) is 0 Å². The summed E-state index contributed by atoms with van der Waals surface area (Å²) in [5.41, 5.74) is 4.16. The van der Waals surface area contributed by atoms with E-state index < -0.39 is 30.5 Å². The molecule has 0 spiro atoms. The second-order valence-corrected chi connectivity index (χ2v) is 6.36. The molecule has 6 heteroatoms. The van der Waals surface area contributed by atoms with Crippen molar-refractivity contribution in [3.63, 3.8) is 0 Å². The molecule has 136 valence electrons. The first-order valence-corrected chi connectivity index (χ1v) is 8.33. The number of benzene rings is 2. The van der Waals surface area contributed by atoms with Gasteiger partial charge >= 0.3 is 5.97 Å². The molecule has 0 saturated heterocycles. The van der Waals surface area contributed by atoms with E-state index in [1.165, 1.54) is 0 Å². The topological polar surface area (TPSA) is 84.9 Å². The highest BCUT2D eigenvalue weighted by molar-refractivity contribution is 5.97. The van der Waals surface area contributed by atoms with Crippen LogP contribution in [0.3, 0.4) is 0 Å². The number of carbonyl (C=O) groups excluding carboxylic acids is 1. The Bertz CT molecular complexity index is 861. The first-order chi connectivity index (χ1) is 12.4. The summed E-state index contributed by atoms with van der Waals surface area (Å²) in [6, 6.07) is 11.3. The van der Waals surface area contributed by atoms with Crippen LogP contribution in [0.25, 0.3) is 0 Å². The van der Waals surface area contributed by atoms with Gasteiger partial charge in [0.1, 0.15) is 18.0 Å². The second-order valence-electron chi connectivity index (χ2n) is 6.36. The van der Waals surface area contributed by atoms with E-state index in [4.69, 9.17) is 14.6 Å². The summed E-state index contributed by atoms with van der Waals surface area (Å²) < 4.78 is 11.4. The number of carbonyl (C=O) groups is 2. The van der Waals surface area contributed by atoms with Gasteiger partial charge in [0.25, 0.3) is 5.91 Å². The van der Waals surface area contributed by atoms with E-state index >= 15 is 0 Å². The van der Waals surface area contributed by atoms with Gasteiger partial charge in [-0.2, -0.15) is 0 Å². The lowest BCUT2D eigenvalue weighted by molar-refractivity contribution is -0.146. The van der Waals surface area contributed by atoms with Gasteiger partial charge in [-0.25, -0.2) is 0 Å². The van der Waals surface area contributed by atoms with E-state index in [1.807, 2.05) is 50.2 Å². The summed E-state index contributed by atoms with van der Waals surface area (Å²) >= 11 is 0. The molecule has 2 unspecified atom stereocenters. The number of hydrogen-bond donors (Lipinski definition) is 2. The average molecular weight is 355 g/mol. The van der Waals surface area contributed by atoms with Crippen LogP contribution in [0.2, 0.25) is 0 Å². The molecular weight excluding hydrogens is 334 g/mol. The molecule has 0 saturated carbocycles. The summed E-state index contributed by atoms with van der Waals surface area (Å²) in [4.78, 5) is 23.6. The number of fused-ring (bicyclic) bond motifs is 1. The molecule has 1 amide bonds. The number of aliphatic carboxylic acids is 1. The van der Waals surface area contributed by atoms with Gasteiger partial charge in [-0.3, -0.25) is 9.59 Å². The first kappa shape index (κ1) is 17.9. The molecule has 0 aromatic heterocycles. The SMILES string of the molecule is COc1cccc(C2OC(CC(=O)O)C(=O)Nc3ccc(C)cc32)c1C. The van der Waals surface area contributed by atoms with E-state index in [9.17, 15) is 9.59 Å². The molecule has 3 rings (SSSR count). The number of aryl methyl sites for hydroxylation is 1. The molecule has 0 bridgehead atoms. The number of hydrogen-bond acceptors (Lipinski definition) is 4. The Hall–Kier alpha value is -2.86. The van der Waals surface area contributed by atoms with E-state index in [2.05, 4.69) is 5.32 Å². The van der Waals surface area contributed by atoms with Crippen molar-refractivity contribution in [2.45, 2.75) is 32.5 Å². The van der Waals surface area contributed by atoms with Crippen LogP contribution in [0.1, 0.15) is 34.8 Å². The van der Waals surface area contributed by atoms with Gasteiger partial charge in [0, 0.05) is 11.3 Å². The maximum absolute atomic E-state index is 12.5. The Balaban J connectivity index is 2.15. The zero-order valence-corrected chi connectivity index (χ0v) is 14.9. The predicted octanol–water partition coefficient (Wildman–Crippen LogP) is 3.21. The highest BCUT2D eigenvalue weighted by Gasteiger charge is 2.34. The summed E-state index contributed by atoms with van der Waals surface area (Å²) in [6.07, 6.45) is -2.07. The summed E-state index contributed by atoms with van der Waals surface area (Å²) in [5, 5.41) is 11.9. The highest BCUT2D eigenvalue weighted by atomic mass is 16.5. The van der Waals surface area contributed by atoms with E-state index in [-0.39, 0.29) is 0 Å². The fourth-order valence-corrected chi connectivity index (χ4v) is 3.20. The van der Waals surface area contributed by atoms with Crippen LogP contribution in [0.4, 0.5) is 5.69 Å². The molecule has 6 nitrogen and oxygen atoms in total. The van der Waals surface area contributed by atoms with Gasteiger partial charge in [-0.05, 0) is 37.1 Å². The van der Waals surface area contributed by atoms with Crippen molar-refractivity contribution >= 4 is 17.6 Å². The van der Waals surface area contributed by atoms with Crippen LogP contribution >= 0.6 is 0 Å². The van der Waals surface area contributed by atoms with Crippen molar-refractivity contribution in [3.05, 3.63) is 58.7 Å². The van der Waals surface area contributed by atoms with Crippen LogP contribution in [-0.2, 0) is 14.3 Å². The summed E-state index contributed by atoms with van der Waals surface area (Å²) in [5.74, 6) is -0.840. The number of rotatable bonds is 4. The number of anilines is 1. The average Bonchev–Trinajstić information content (AvgIpc) is 2.72. The number of ether oxygens (including phenoxy) is 2. The summed E-state index contributed by atoms with van der Waals surface area (Å²) in [7, 11) is 1.59. The van der Waals surface area contributed by atoms with Crippen molar-refractivity contribution in [2.75, 3.05) is 12.4 Å². The number of amides is 1. The molecule has 1 heterocycles. The van der Waals surface area contributed by atoms with Crippen molar-refractivity contribution < 1.29 is 24.2 Å². The molecule has 2 N–H and O–H groups in total. The Kier molecular flexibility index (Phi) is 4.95. The minimum absolute atomic E-state index is 0.404. The Morgan fingerprint density at radius 2 is 2.00 bits per heavy atom. The van der Waals surface area contributed by atoms with Gasteiger partial charge in [-0.1, -0.05) is 29.8 Å². The number of carboxylic acid groups (broad SMARTS) is 1. The van der Waals surface area contributed by atoms with Gasteiger partial charge in [0.05, 0.1) is 13.5 Å². The van der Waals surface area contributed by atoms with E-state index in [0.29, 0.717) is 11.4 Å². The zero-order valence-electron chi connectivity index (χ0n) is 14.9. The number of nitrogens with one attached hydrogen (secondary N) is 1. The first-order valence-electron chi connectivity index (χ1n) is 8.33. The van der Waals surface area contributed by atoms with Crippen molar-refractivity contribution in [3.8, 4) is 5.75 Å². The number of carboxylic acids is 1. The van der Waals surface area contributed by atoms with Gasteiger partial charge in [0.15, 0.2) is 0 Å². The minimum Gasteiger partial charge on any atom is -0.496 e. The van der Waals surface area contributed by atoms with Crippen LogP contribution in [-0.4, -0.2) is 30.2 Å². The van der Waals surface area contributed by atoms with Crippen molar-refractivity contribution in [2.24, 2.45) is 0 Å². The smallest absolute Gasteiger partial charge is 0.306 e. The van der Waals surface area contributed by atoms with Crippen molar-refractivity contribution in [1.82, 2.24) is 0 Å². The largest absolute Gasteiger partial charge is 0.496 e. The lowest BCUT2D eigenvalue weighted by Crippen LogP contribution is -2.31. The third-order valence-corrected chi connectivity index (χ3v) is 4.53. The monoisotopic (exact) mass is 355 g/mol. The van der Waals surface area contributed by atoms with Crippen LogP contribution in [0.15, 0.2) is 36.4 Å². The molecule has 1 aliphatic heterocycles. The lowest BCUT2D eigenvalue weighted by Gasteiger charge is -2.23. The van der Waals surface area contributed by atoms with Gasteiger partial charge in [0.2, 0.25) is 0 Å². The highest BCUT2D eigenvalue weighted by Crippen LogP contribution is 2.39. The Labute approximate surface area is 151 Å². The molecule has 0 aliphatic carbocycles. The molecule has 26 heavy (non-hydrogen) atoms. The van der Waals surface area contributed by atoms with Crippen molar-refractivity contribution in [1.29, 1.82) is 0 Å². The number of methoxy groups -OCH3 is 1. The normalized spacial score (nSPS) is 19.3. The summed E-state index contributed by atoms with van der Waals surface area (Å²) in [6.45, 7) is 3.87. The molecule has 2 atom stereocenters. The lowest BCUT2D eigenvalue weighted by atomic mass is 9.94. The maximum atomic E-state index is 12.5. The standard InChI is InChI=1S/C20H21NO5/c1-11-7-8-15-14(9-11)19(13-5-4-6-16(25-3)12(13)2)26-17(10-18(22)23)20(24)21-15/h4-9,17,19H,10H2,1-3H3,(H,21,24)(H,22,23). The Morgan fingerprint density at radius 3 is 2.69 bits per heavy atom. The quantitative estimate of drug-likeness (QED) is 0.880. The molecule has 2 aromatic rings. The Morgan fingerprint density at radius 1 is 1.23 bits per heavy atom. The molecule has 2 aromatic carbocycles. The third kappa shape index (κ3) is 3.41. The van der Waals surface area contributed by atoms with Crippen LogP contribution < -0.4 is 10.1 Å². The van der Waals surface area contributed by atoms with Gasteiger partial charge < -0.3 is 19.9 Å². The third-order valence-electron chi connectivity index (χ3n) is 4.53. The fraction of sp³-hybridized carbons (Fsp3) is 0.300. The maximum Gasteiger partial charge on any atom is 0.306 e. The van der Waals surface area contributed by atoms with E-state index in [0.717, 1.165) is 22.3 Å². The van der Waals surface area contributed by atoms with E-state index in [1.54, 1.807) is 7.11 Å². The van der Waals surface area contributed by atoms with Crippen LogP contribution in [0, 0.1) is 13.8 Å². The minimum atomic E-state index is -1.09. The van der Waals surface area contributed by atoms with Crippen LogP contribution in [0.5, 0.6) is 5.75 Å². The molecule has 0 radical (unpaired) electrons. The molecule has 0 fully saturated rings. The zero-order chi connectivity index (χ0) is 18.8. The fourth-order valence-electron chi connectivity index (χ4n) is 3.20. The predicted molar refractivity (Wildman–Crippen MR) is 96.5 cm³/mol. The molecular formula is C20H21NO5. The molecule has 1 aliphatic rings.